The minimum absolute atomic E-state index is 0.688. The van der Waals surface area contributed by atoms with Crippen LogP contribution in [-0.2, 0) is 19.4 Å². The lowest BCUT2D eigenvalue weighted by Gasteiger charge is -2.09. The number of aryl methyl sites for hydroxylation is 2. The van der Waals surface area contributed by atoms with Gasteiger partial charge in [-0.15, -0.1) is 0 Å². The number of aromatic nitrogens is 2. The molecule has 0 amide bonds. The van der Waals surface area contributed by atoms with Gasteiger partial charge in [0.05, 0.1) is 18.2 Å². The third-order valence-electron chi connectivity index (χ3n) is 3.76. The summed E-state index contributed by atoms with van der Waals surface area (Å²) in [4.78, 5) is 4.46. The zero-order valence-electron chi connectivity index (χ0n) is 12.3. The molecular weight excluding hydrogens is 270 g/mol. The molecule has 2 aromatic carbocycles. The van der Waals surface area contributed by atoms with Crippen LogP contribution in [0.25, 0.3) is 0 Å². The fraction of sp³-hybridized carbons (Fsp3) is 0.158. The molecule has 0 N–H and O–H groups in total. The maximum Gasteiger partial charge on any atom is 0.109 e. The highest BCUT2D eigenvalue weighted by molar-refractivity contribution is 5.37. The van der Waals surface area contributed by atoms with Gasteiger partial charge in [0, 0.05) is 18.8 Å². The van der Waals surface area contributed by atoms with Crippen molar-refractivity contribution in [2.24, 2.45) is 0 Å². The second-order valence-corrected chi connectivity index (χ2v) is 5.23. The Labute approximate surface area is 130 Å². The molecule has 0 aliphatic heterocycles. The van der Waals surface area contributed by atoms with E-state index in [0.29, 0.717) is 6.54 Å². The van der Waals surface area contributed by atoms with Crippen molar-refractivity contribution in [1.29, 1.82) is 5.26 Å². The first kappa shape index (κ1) is 14.1. The Morgan fingerprint density at radius 2 is 1.73 bits per heavy atom. The van der Waals surface area contributed by atoms with Gasteiger partial charge >= 0.3 is 0 Å². The number of imidazole rings is 1. The Kier molecular flexibility index (Phi) is 4.31. The molecular formula is C19H17N3. The molecule has 0 radical (unpaired) electrons. The van der Waals surface area contributed by atoms with Crippen molar-refractivity contribution in [2.45, 2.75) is 19.4 Å². The van der Waals surface area contributed by atoms with Crippen LogP contribution in [0.5, 0.6) is 0 Å². The lowest BCUT2D eigenvalue weighted by atomic mass is 10.1. The molecule has 0 atom stereocenters. The van der Waals surface area contributed by atoms with Gasteiger partial charge in [0.2, 0.25) is 0 Å². The van der Waals surface area contributed by atoms with E-state index in [0.717, 1.165) is 29.8 Å². The van der Waals surface area contributed by atoms with Crippen LogP contribution in [0.15, 0.2) is 67.0 Å². The van der Waals surface area contributed by atoms with E-state index in [1.54, 1.807) is 0 Å². The molecule has 0 bridgehead atoms. The summed E-state index contributed by atoms with van der Waals surface area (Å²) < 4.78 is 2.12. The van der Waals surface area contributed by atoms with Crippen LogP contribution >= 0.6 is 0 Å². The first-order valence-corrected chi connectivity index (χ1v) is 7.39. The van der Waals surface area contributed by atoms with Gasteiger partial charge < -0.3 is 4.57 Å². The summed E-state index contributed by atoms with van der Waals surface area (Å²) in [5.41, 5.74) is 3.07. The highest BCUT2D eigenvalue weighted by Gasteiger charge is 2.07. The Bertz CT molecular complexity index is 782. The fourth-order valence-corrected chi connectivity index (χ4v) is 2.56. The number of nitriles is 1. The van der Waals surface area contributed by atoms with Gasteiger partial charge in [-0.1, -0.05) is 48.5 Å². The zero-order chi connectivity index (χ0) is 15.2. The highest BCUT2D eigenvalue weighted by Crippen LogP contribution is 2.12. The molecule has 1 aromatic heterocycles. The fourth-order valence-electron chi connectivity index (χ4n) is 2.56. The predicted molar refractivity (Wildman–Crippen MR) is 86.3 cm³/mol. The van der Waals surface area contributed by atoms with Crippen LogP contribution in [0.4, 0.5) is 0 Å². The van der Waals surface area contributed by atoms with Crippen molar-refractivity contribution in [3.05, 3.63) is 89.5 Å². The summed E-state index contributed by atoms with van der Waals surface area (Å²) in [6, 6.07) is 20.4. The topological polar surface area (TPSA) is 41.6 Å². The molecule has 0 fully saturated rings. The van der Waals surface area contributed by atoms with Crippen molar-refractivity contribution >= 4 is 0 Å². The van der Waals surface area contributed by atoms with Gasteiger partial charge in [-0.3, -0.25) is 0 Å². The monoisotopic (exact) mass is 287 g/mol. The maximum absolute atomic E-state index is 9.19. The van der Waals surface area contributed by atoms with Gasteiger partial charge in [0.15, 0.2) is 0 Å². The minimum Gasteiger partial charge on any atom is -0.330 e. The van der Waals surface area contributed by atoms with Crippen LogP contribution in [0.2, 0.25) is 0 Å². The number of hydrogen-bond donors (Lipinski definition) is 0. The number of nitrogens with zero attached hydrogens (tertiary/aromatic N) is 3. The van der Waals surface area contributed by atoms with Crippen LogP contribution in [0.3, 0.4) is 0 Å². The van der Waals surface area contributed by atoms with Crippen LogP contribution in [0.1, 0.15) is 22.5 Å². The number of hydrogen-bond acceptors (Lipinski definition) is 2. The molecule has 0 spiro atoms. The maximum atomic E-state index is 9.19. The van der Waals surface area contributed by atoms with E-state index in [4.69, 9.17) is 0 Å². The molecule has 3 aromatic rings. The van der Waals surface area contributed by atoms with Gasteiger partial charge in [-0.25, -0.2) is 4.98 Å². The molecule has 3 rings (SSSR count). The van der Waals surface area contributed by atoms with Gasteiger partial charge in [-0.2, -0.15) is 5.26 Å². The molecule has 3 nitrogen and oxygen atoms in total. The van der Waals surface area contributed by atoms with Crippen LogP contribution < -0.4 is 0 Å². The van der Waals surface area contributed by atoms with Gasteiger partial charge in [0.25, 0.3) is 0 Å². The summed E-state index contributed by atoms with van der Waals surface area (Å²) in [5.74, 6) is 1.05. The van der Waals surface area contributed by atoms with Crippen molar-refractivity contribution in [3.8, 4) is 6.07 Å². The molecule has 108 valence electrons. The van der Waals surface area contributed by atoms with Crippen molar-refractivity contribution in [1.82, 2.24) is 9.55 Å². The summed E-state index contributed by atoms with van der Waals surface area (Å²) in [6.07, 6.45) is 5.67. The summed E-state index contributed by atoms with van der Waals surface area (Å²) >= 11 is 0. The summed E-state index contributed by atoms with van der Waals surface area (Å²) in [7, 11) is 0. The predicted octanol–water partition coefficient (Wildman–Crippen LogP) is 3.59. The third-order valence-corrected chi connectivity index (χ3v) is 3.76. The van der Waals surface area contributed by atoms with Gasteiger partial charge in [0.1, 0.15) is 5.82 Å². The SMILES string of the molecule is N#Cc1ccccc1Cn1ccnc1CCc1ccccc1. The first-order valence-electron chi connectivity index (χ1n) is 7.39. The number of benzene rings is 2. The quantitative estimate of drug-likeness (QED) is 0.719. The van der Waals surface area contributed by atoms with Crippen LogP contribution in [-0.4, -0.2) is 9.55 Å². The Balaban J connectivity index is 1.74. The molecule has 0 aliphatic rings. The van der Waals surface area contributed by atoms with E-state index in [1.807, 2.05) is 42.7 Å². The standard InChI is InChI=1S/C19H17N3/c20-14-17-8-4-5-9-18(17)15-22-13-12-21-19(22)11-10-16-6-2-1-3-7-16/h1-9,12-13H,10-11,15H2. The Morgan fingerprint density at radius 3 is 2.55 bits per heavy atom. The van der Waals surface area contributed by atoms with Crippen molar-refractivity contribution in [3.63, 3.8) is 0 Å². The zero-order valence-corrected chi connectivity index (χ0v) is 12.3. The lowest BCUT2D eigenvalue weighted by molar-refractivity contribution is 0.711. The smallest absolute Gasteiger partial charge is 0.109 e. The number of rotatable bonds is 5. The molecule has 0 saturated carbocycles. The van der Waals surface area contributed by atoms with Crippen molar-refractivity contribution in [2.75, 3.05) is 0 Å². The lowest BCUT2D eigenvalue weighted by Crippen LogP contribution is -2.07. The molecule has 0 unspecified atom stereocenters. The summed E-state index contributed by atoms with van der Waals surface area (Å²) in [5, 5.41) is 9.19. The van der Waals surface area contributed by atoms with E-state index in [2.05, 4.69) is 39.9 Å². The highest BCUT2D eigenvalue weighted by atomic mass is 15.1. The molecule has 3 heteroatoms. The van der Waals surface area contributed by atoms with E-state index >= 15 is 0 Å². The first-order chi connectivity index (χ1) is 10.9. The Hall–Kier alpha value is -2.86. The van der Waals surface area contributed by atoms with E-state index in [9.17, 15) is 5.26 Å². The van der Waals surface area contributed by atoms with E-state index < -0.39 is 0 Å². The molecule has 22 heavy (non-hydrogen) atoms. The molecule has 1 heterocycles. The molecule has 0 saturated heterocycles. The van der Waals surface area contributed by atoms with Crippen LogP contribution in [0, 0.1) is 11.3 Å². The second kappa shape index (κ2) is 6.73. The average molecular weight is 287 g/mol. The Morgan fingerprint density at radius 1 is 0.955 bits per heavy atom. The normalized spacial score (nSPS) is 10.3. The minimum atomic E-state index is 0.688. The molecule has 0 aliphatic carbocycles. The summed E-state index contributed by atoms with van der Waals surface area (Å²) in [6.45, 7) is 0.688. The van der Waals surface area contributed by atoms with Crippen molar-refractivity contribution < 1.29 is 0 Å². The second-order valence-electron chi connectivity index (χ2n) is 5.23. The largest absolute Gasteiger partial charge is 0.330 e. The third kappa shape index (κ3) is 3.24. The van der Waals surface area contributed by atoms with E-state index in [-0.39, 0.29) is 0 Å². The van der Waals surface area contributed by atoms with Gasteiger partial charge in [-0.05, 0) is 23.6 Å². The average Bonchev–Trinajstić information content (AvgIpc) is 3.01. The van der Waals surface area contributed by atoms with E-state index in [1.165, 1.54) is 5.56 Å².